The smallest absolute Gasteiger partial charge is 0.227 e. The average molecular weight is 327 g/mol. The van der Waals surface area contributed by atoms with Gasteiger partial charge in [0.2, 0.25) is 17.6 Å². The molecule has 2 heterocycles. The van der Waals surface area contributed by atoms with Crippen molar-refractivity contribution in [3.63, 3.8) is 0 Å². The minimum atomic E-state index is 0.182. The summed E-state index contributed by atoms with van der Waals surface area (Å²) < 4.78 is 5.30. The second-order valence-corrected chi connectivity index (χ2v) is 6.87. The Hall–Kier alpha value is -2.17. The molecule has 0 bridgehead atoms. The van der Waals surface area contributed by atoms with Crippen LogP contribution in [0, 0.1) is 0 Å². The first kappa shape index (κ1) is 16.7. The van der Waals surface area contributed by atoms with Crippen molar-refractivity contribution in [1.82, 2.24) is 15.0 Å². The van der Waals surface area contributed by atoms with E-state index in [0.29, 0.717) is 36.5 Å². The minimum absolute atomic E-state index is 0.182. The number of carbonyl (C=O) groups excluding carboxylic acids is 1. The molecule has 1 atom stereocenters. The molecule has 5 heteroatoms. The van der Waals surface area contributed by atoms with Crippen LogP contribution >= 0.6 is 0 Å². The number of hydrogen-bond donors (Lipinski definition) is 0. The zero-order chi connectivity index (χ0) is 17.1. The van der Waals surface area contributed by atoms with Gasteiger partial charge in [0, 0.05) is 31.0 Å². The quantitative estimate of drug-likeness (QED) is 0.838. The molecule has 1 amide bonds. The summed E-state index contributed by atoms with van der Waals surface area (Å²) in [5, 5.41) is 4.04. The first-order chi connectivity index (χ1) is 11.5. The predicted molar refractivity (Wildman–Crippen MR) is 92.6 cm³/mol. The first-order valence-electron chi connectivity index (χ1n) is 8.77. The van der Waals surface area contributed by atoms with E-state index in [9.17, 15) is 4.79 Å². The number of nitrogens with zero attached hydrogens (tertiary/aromatic N) is 3. The molecule has 1 unspecified atom stereocenters. The molecule has 3 rings (SSSR count). The third kappa shape index (κ3) is 3.66. The van der Waals surface area contributed by atoms with Crippen LogP contribution in [0.2, 0.25) is 0 Å². The fourth-order valence-electron chi connectivity index (χ4n) is 3.15. The van der Waals surface area contributed by atoms with Gasteiger partial charge in [-0.1, -0.05) is 43.3 Å². The molecular weight excluding hydrogens is 302 g/mol. The molecule has 0 aliphatic carbocycles. The number of likely N-dealkylation sites (tertiary alicyclic amines) is 1. The van der Waals surface area contributed by atoms with E-state index in [-0.39, 0.29) is 5.91 Å². The highest BCUT2D eigenvalue weighted by Crippen LogP contribution is 2.21. The zero-order valence-electron chi connectivity index (χ0n) is 14.7. The van der Waals surface area contributed by atoms with Crippen LogP contribution in [0.3, 0.4) is 0 Å². The summed E-state index contributed by atoms with van der Waals surface area (Å²) in [6.45, 7) is 7.31. The number of benzene rings is 1. The van der Waals surface area contributed by atoms with Gasteiger partial charge in [-0.05, 0) is 31.2 Å². The number of aromatic nitrogens is 2. The lowest BCUT2D eigenvalue weighted by Crippen LogP contribution is -2.33. The van der Waals surface area contributed by atoms with E-state index in [1.807, 2.05) is 17.0 Å². The molecule has 0 saturated carbocycles. The zero-order valence-corrected chi connectivity index (χ0v) is 14.7. The van der Waals surface area contributed by atoms with Crippen molar-refractivity contribution in [2.75, 3.05) is 6.54 Å². The maximum Gasteiger partial charge on any atom is 0.227 e. The molecule has 0 N–H and O–H groups in total. The molecular formula is C19H25N3O2. The van der Waals surface area contributed by atoms with Crippen LogP contribution in [0.4, 0.5) is 0 Å². The summed E-state index contributed by atoms with van der Waals surface area (Å²) in [4.78, 5) is 18.6. The van der Waals surface area contributed by atoms with E-state index in [2.05, 4.69) is 43.0 Å². The molecule has 0 spiro atoms. The van der Waals surface area contributed by atoms with Crippen LogP contribution in [0.1, 0.15) is 57.4 Å². The highest BCUT2D eigenvalue weighted by molar-refractivity contribution is 5.77. The molecule has 1 aliphatic rings. The second-order valence-electron chi connectivity index (χ2n) is 6.87. The van der Waals surface area contributed by atoms with Gasteiger partial charge in [0.1, 0.15) is 0 Å². The van der Waals surface area contributed by atoms with E-state index in [1.54, 1.807) is 0 Å². The van der Waals surface area contributed by atoms with E-state index in [1.165, 1.54) is 5.56 Å². The van der Waals surface area contributed by atoms with E-state index in [0.717, 1.165) is 24.9 Å². The van der Waals surface area contributed by atoms with Crippen LogP contribution in [0.25, 0.3) is 11.4 Å². The van der Waals surface area contributed by atoms with Gasteiger partial charge < -0.3 is 9.42 Å². The van der Waals surface area contributed by atoms with Gasteiger partial charge >= 0.3 is 0 Å². The monoisotopic (exact) mass is 327 g/mol. The van der Waals surface area contributed by atoms with E-state index >= 15 is 0 Å². The Balaban J connectivity index is 1.60. The fraction of sp³-hybridized carbons (Fsp3) is 0.526. The molecule has 1 aliphatic heterocycles. The highest BCUT2D eigenvalue weighted by atomic mass is 16.5. The van der Waals surface area contributed by atoms with Gasteiger partial charge in [-0.25, -0.2) is 0 Å². The Morgan fingerprint density at radius 1 is 1.33 bits per heavy atom. The Kier molecular flexibility index (Phi) is 4.97. The van der Waals surface area contributed by atoms with Crippen molar-refractivity contribution in [3.8, 4) is 11.4 Å². The maximum atomic E-state index is 12.2. The van der Waals surface area contributed by atoms with Gasteiger partial charge in [0.15, 0.2) is 0 Å². The molecule has 5 nitrogen and oxygen atoms in total. The summed E-state index contributed by atoms with van der Waals surface area (Å²) in [7, 11) is 0. The summed E-state index contributed by atoms with van der Waals surface area (Å²) in [6.07, 6.45) is 3.13. The van der Waals surface area contributed by atoms with E-state index < -0.39 is 0 Å². The van der Waals surface area contributed by atoms with Gasteiger partial charge in [0.05, 0.1) is 0 Å². The molecule has 2 aromatic rings. The number of hydrogen-bond acceptors (Lipinski definition) is 4. The normalized spacial score (nSPS) is 17.7. The van der Waals surface area contributed by atoms with Gasteiger partial charge in [0.25, 0.3) is 0 Å². The highest BCUT2D eigenvalue weighted by Gasteiger charge is 2.25. The first-order valence-corrected chi connectivity index (χ1v) is 8.77. The number of amides is 1. The minimum Gasteiger partial charge on any atom is -0.340 e. The van der Waals surface area contributed by atoms with Crippen molar-refractivity contribution in [2.45, 2.75) is 58.4 Å². The third-order valence-electron chi connectivity index (χ3n) is 4.73. The number of rotatable bonds is 5. The van der Waals surface area contributed by atoms with Crippen LogP contribution in [-0.2, 0) is 11.2 Å². The molecule has 1 aromatic heterocycles. The molecule has 24 heavy (non-hydrogen) atoms. The second kappa shape index (κ2) is 7.16. The van der Waals surface area contributed by atoms with Gasteiger partial charge in [-0.15, -0.1) is 0 Å². The Labute approximate surface area is 143 Å². The van der Waals surface area contributed by atoms with Crippen molar-refractivity contribution in [3.05, 3.63) is 35.7 Å². The number of aryl methyl sites for hydroxylation is 1. The lowest BCUT2D eigenvalue weighted by molar-refractivity contribution is -0.131. The molecule has 1 saturated heterocycles. The van der Waals surface area contributed by atoms with Crippen LogP contribution < -0.4 is 0 Å². The largest absolute Gasteiger partial charge is 0.340 e. The summed E-state index contributed by atoms with van der Waals surface area (Å²) in [5.74, 6) is 1.79. The third-order valence-corrected chi connectivity index (χ3v) is 4.73. The van der Waals surface area contributed by atoms with Gasteiger partial charge in [-0.3, -0.25) is 4.79 Å². The fourth-order valence-corrected chi connectivity index (χ4v) is 3.15. The van der Waals surface area contributed by atoms with Crippen molar-refractivity contribution >= 4 is 5.91 Å². The summed E-state index contributed by atoms with van der Waals surface area (Å²) >= 11 is 0. The Bertz CT molecular complexity index is 691. The molecule has 1 fully saturated rings. The Morgan fingerprint density at radius 3 is 2.71 bits per heavy atom. The molecule has 0 radical (unpaired) electrons. The van der Waals surface area contributed by atoms with Crippen LogP contribution in [0.5, 0.6) is 0 Å². The summed E-state index contributed by atoms with van der Waals surface area (Å²) in [6, 6.07) is 8.57. The van der Waals surface area contributed by atoms with Crippen LogP contribution in [-0.4, -0.2) is 33.5 Å². The van der Waals surface area contributed by atoms with Crippen molar-refractivity contribution < 1.29 is 9.32 Å². The molecule has 128 valence electrons. The molecule has 1 aromatic carbocycles. The lowest BCUT2D eigenvalue weighted by atomic mass is 10.0. The maximum absolute atomic E-state index is 12.2. The van der Waals surface area contributed by atoms with Crippen LogP contribution in [0.15, 0.2) is 28.8 Å². The average Bonchev–Trinajstić information content (AvgIpc) is 3.21. The summed E-state index contributed by atoms with van der Waals surface area (Å²) in [5.41, 5.74) is 2.22. The topological polar surface area (TPSA) is 59.2 Å². The Morgan fingerprint density at radius 2 is 2.08 bits per heavy atom. The standard InChI is InChI=1S/C19H25N3O2/c1-13(2)15-6-8-16(9-7-15)19-20-17(24-21-19)10-11-18(23)22-12-4-5-14(22)3/h6-9,13-14H,4-5,10-12H2,1-3H3. The number of carbonyl (C=O) groups is 1. The van der Waals surface area contributed by atoms with Gasteiger partial charge in [-0.2, -0.15) is 4.98 Å². The van der Waals surface area contributed by atoms with E-state index in [4.69, 9.17) is 4.52 Å². The van der Waals surface area contributed by atoms with Crippen molar-refractivity contribution in [1.29, 1.82) is 0 Å². The lowest BCUT2D eigenvalue weighted by Gasteiger charge is -2.20. The van der Waals surface area contributed by atoms with Crippen molar-refractivity contribution in [2.24, 2.45) is 0 Å². The predicted octanol–water partition coefficient (Wildman–Crippen LogP) is 3.80. The SMILES string of the molecule is CC(C)c1ccc(-c2noc(CCC(=O)N3CCCC3C)n2)cc1.